The van der Waals surface area contributed by atoms with E-state index in [0.29, 0.717) is 28.9 Å². The number of nitrogens with one attached hydrogen (secondary N) is 2. The SMILES string of the molecule is Cc1nc(-c2nnc(N[C@H]3N=C(c4ccccc4)c4ccccc4NC3=O)o2)c(C2CCOCC2)s1. The van der Waals surface area contributed by atoms with E-state index in [1.165, 1.54) is 0 Å². The van der Waals surface area contributed by atoms with E-state index in [4.69, 9.17) is 14.1 Å². The number of thiazole rings is 1. The number of rotatable bonds is 5. The number of hydrogen-bond donors (Lipinski definition) is 2. The zero-order valence-electron chi connectivity index (χ0n) is 19.6. The number of benzodiazepines with no additional fused rings is 1. The second kappa shape index (κ2) is 9.63. The van der Waals surface area contributed by atoms with Gasteiger partial charge in [0.05, 0.1) is 16.4 Å². The number of amides is 1. The van der Waals surface area contributed by atoms with Gasteiger partial charge in [-0.1, -0.05) is 53.6 Å². The van der Waals surface area contributed by atoms with Crippen molar-refractivity contribution in [2.24, 2.45) is 4.99 Å². The summed E-state index contributed by atoms with van der Waals surface area (Å²) >= 11 is 1.65. The number of benzene rings is 2. The molecule has 1 atom stereocenters. The lowest BCUT2D eigenvalue weighted by molar-refractivity contribution is -0.116. The fraction of sp³-hybridized carbons (Fsp3) is 0.269. The van der Waals surface area contributed by atoms with Crippen LogP contribution in [0.5, 0.6) is 0 Å². The van der Waals surface area contributed by atoms with Crippen LogP contribution in [0, 0.1) is 6.92 Å². The Morgan fingerprint density at radius 3 is 2.64 bits per heavy atom. The van der Waals surface area contributed by atoms with Crippen LogP contribution in [0.4, 0.5) is 11.7 Å². The molecule has 4 aromatic rings. The predicted octanol–water partition coefficient (Wildman–Crippen LogP) is 4.62. The number of fused-ring (bicyclic) bond motifs is 1. The van der Waals surface area contributed by atoms with Gasteiger partial charge in [-0.2, -0.15) is 0 Å². The summed E-state index contributed by atoms with van der Waals surface area (Å²) in [7, 11) is 0. The number of aliphatic imine (C=N–C) groups is 1. The van der Waals surface area contributed by atoms with Gasteiger partial charge in [-0.25, -0.2) is 9.98 Å². The van der Waals surface area contributed by atoms with Gasteiger partial charge in [0.2, 0.25) is 6.17 Å². The van der Waals surface area contributed by atoms with Crippen LogP contribution >= 0.6 is 11.3 Å². The normalized spacial score (nSPS) is 18.2. The minimum Gasteiger partial charge on any atom is -0.402 e. The molecule has 0 aliphatic carbocycles. The molecular formula is C26H24N6O3S. The topological polar surface area (TPSA) is 115 Å². The largest absolute Gasteiger partial charge is 0.402 e. The molecule has 0 spiro atoms. The maximum Gasteiger partial charge on any atom is 0.317 e. The maximum atomic E-state index is 13.1. The lowest BCUT2D eigenvalue weighted by atomic mass is 9.97. The monoisotopic (exact) mass is 500 g/mol. The lowest BCUT2D eigenvalue weighted by Gasteiger charge is -2.21. The molecular weight excluding hydrogens is 476 g/mol. The quantitative estimate of drug-likeness (QED) is 0.411. The van der Waals surface area contributed by atoms with Crippen LogP contribution in [0.1, 0.15) is 39.8 Å². The van der Waals surface area contributed by atoms with Crippen molar-refractivity contribution >= 4 is 34.7 Å². The van der Waals surface area contributed by atoms with E-state index < -0.39 is 6.17 Å². The van der Waals surface area contributed by atoms with Crippen molar-refractivity contribution < 1.29 is 13.9 Å². The molecule has 1 amide bonds. The number of hydrogen-bond acceptors (Lipinski definition) is 9. The molecule has 2 aliphatic heterocycles. The number of ether oxygens (including phenoxy) is 1. The highest BCUT2D eigenvalue weighted by atomic mass is 32.1. The van der Waals surface area contributed by atoms with Crippen LogP contribution in [0.15, 0.2) is 64.0 Å². The van der Waals surface area contributed by atoms with Crippen molar-refractivity contribution in [2.75, 3.05) is 23.8 Å². The minimum absolute atomic E-state index is 0.107. The number of aromatic nitrogens is 3. The van der Waals surface area contributed by atoms with E-state index >= 15 is 0 Å². The molecule has 0 bridgehead atoms. The first-order chi connectivity index (χ1) is 17.7. The summed E-state index contributed by atoms with van der Waals surface area (Å²) in [5, 5.41) is 15.3. The van der Waals surface area contributed by atoms with Crippen LogP contribution in [-0.2, 0) is 9.53 Å². The Morgan fingerprint density at radius 1 is 1.03 bits per heavy atom. The van der Waals surface area contributed by atoms with Gasteiger partial charge in [0.1, 0.15) is 5.69 Å². The smallest absolute Gasteiger partial charge is 0.317 e. The summed E-state index contributed by atoms with van der Waals surface area (Å²) in [5.74, 6) is 0.362. The van der Waals surface area contributed by atoms with E-state index in [1.54, 1.807) is 11.3 Å². The third-order valence-corrected chi connectivity index (χ3v) is 7.37. The molecule has 2 aliphatic rings. The van der Waals surface area contributed by atoms with Gasteiger partial charge in [-0.15, -0.1) is 16.4 Å². The van der Waals surface area contributed by atoms with E-state index in [0.717, 1.165) is 47.1 Å². The Morgan fingerprint density at radius 2 is 1.81 bits per heavy atom. The summed E-state index contributed by atoms with van der Waals surface area (Å²) in [5.41, 5.74) is 3.83. The maximum absolute atomic E-state index is 13.1. The highest BCUT2D eigenvalue weighted by Crippen LogP contribution is 2.38. The summed E-state index contributed by atoms with van der Waals surface area (Å²) in [4.78, 5) is 23.7. The molecule has 2 N–H and O–H groups in total. The van der Waals surface area contributed by atoms with Crippen molar-refractivity contribution in [3.63, 3.8) is 0 Å². The summed E-state index contributed by atoms with van der Waals surface area (Å²) in [6.45, 7) is 3.44. The Labute approximate surface area is 211 Å². The summed E-state index contributed by atoms with van der Waals surface area (Å²) in [6, 6.07) is 17.5. The molecule has 10 heteroatoms. The standard InChI is InChI=1S/C26H24N6O3S/c1-15-27-21(22(36-15)17-11-13-34-14-12-17)25-31-32-26(35-25)30-23-24(33)28-19-10-6-5-9-18(19)20(29-23)16-7-3-2-4-8-16/h2-10,17,23H,11-14H2,1H3,(H,28,33)(H,30,32)/t23-/m1/s1. The average Bonchev–Trinajstić information content (AvgIpc) is 3.51. The first-order valence-electron chi connectivity index (χ1n) is 11.8. The third-order valence-electron chi connectivity index (χ3n) is 6.23. The van der Waals surface area contributed by atoms with Gasteiger partial charge in [-0.3, -0.25) is 4.79 Å². The average molecular weight is 501 g/mol. The number of nitrogens with zero attached hydrogens (tertiary/aromatic N) is 4. The Hall–Kier alpha value is -3.89. The van der Waals surface area contributed by atoms with E-state index in [-0.39, 0.29) is 11.9 Å². The molecule has 6 rings (SSSR count). The second-order valence-corrected chi connectivity index (χ2v) is 9.90. The number of anilines is 2. The van der Waals surface area contributed by atoms with Crippen LogP contribution in [-0.4, -0.2) is 46.2 Å². The zero-order chi connectivity index (χ0) is 24.5. The fourth-order valence-corrected chi connectivity index (χ4v) is 5.59. The molecule has 0 radical (unpaired) electrons. The first-order valence-corrected chi connectivity index (χ1v) is 12.7. The molecule has 182 valence electrons. The minimum atomic E-state index is -0.965. The molecule has 2 aromatic carbocycles. The van der Waals surface area contributed by atoms with Gasteiger partial charge < -0.3 is 19.8 Å². The number of carbonyl (C=O) groups excluding carboxylic acids is 1. The number of carbonyl (C=O) groups is 1. The Kier molecular flexibility index (Phi) is 6.04. The second-order valence-electron chi connectivity index (χ2n) is 8.67. The first kappa shape index (κ1) is 22.6. The van der Waals surface area contributed by atoms with E-state index in [1.807, 2.05) is 61.5 Å². The van der Waals surface area contributed by atoms with Gasteiger partial charge in [0.25, 0.3) is 11.8 Å². The zero-order valence-corrected chi connectivity index (χ0v) is 20.4. The molecule has 4 heterocycles. The van der Waals surface area contributed by atoms with Gasteiger partial charge in [0.15, 0.2) is 0 Å². The molecule has 0 unspecified atom stereocenters. The van der Waals surface area contributed by atoms with Gasteiger partial charge in [-0.05, 0) is 25.8 Å². The van der Waals surface area contributed by atoms with Crippen LogP contribution in [0.2, 0.25) is 0 Å². The number of aryl methyl sites for hydroxylation is 1. The molecule has 2 aromatic heterocycles. The Bertz CT molecular complexity index is 1420. The Balaban J connectivity index is 1.31. The third kappa shape index (κ3) is 4.40. The van der Waals surface area contributed by atoms with Gasteiger partial charge in [0, 0.05) is 35.1 Å². The van der Waals surface area contributed by atoms with Crippen molar-refractivity contribution in [3.8, 4) is 11.6 Å². The van der Waals surface area contributed by atoms with Crippen LogP contribution < -0.4 is 10.6 Å². The van der Waals surface area contributed by atoms with Crippen molar-refractivity contribution in [2.45, 2.75) is 31.8 Å². The van der Waals surface area contributed by atoms with E-state index in [2.05, 4.69) is 25.8 Å². The lowest BCUT2D eigenvalue weighted by Crippen LogP contribution is -2.32. The molecule has 36 heavy (non-hydrogen) atoms. The van der Waals surface area contributed by atoms with Crippen LogP contribution in [0.3, 0.4) is 0 Å². The van der Waals surface area contributed by atoms with E-state index in [9.17, 15) is 4.79 Å². The summed E-state index contributed by atoms with van der Waals surface area (Å²) in [6.07, 6.45) is 0.912. The molecule has 1 fully saturated rings. The van der Waals surface area contributed by atoms with Crippen molar-refractivity contribution in [3.05, 3.63) is 75.6 Å². The highest BCUT2D eigenvalue weighted by Gasteiger charge is 2.29. The van der Waals surface area contributed by atoms with Crippen molar-refractivity contribution in [1.82, 2.24) is 15.2 Å². The molecule has 9 nitrogen and oxygen atoms in total. The highest BCUT2D eigenvalue weighted by molar-refractivity contribution is 7.12. The number of para-hydroxylation sites is 1. The predicted molar refractivity (Wildman–Crippen MR) is 138 cm³/mol. The van der Waals surface area contributed by atoms with Crippen molar-refractivity contribution in [1.29, 1.82) is 0 Å². The molecule has 0 saturated carbocycles. The van der Waals surface area contributed by atoms with Gasteiger partial charge >= 0.3 is 6.01 Å². The molecule has 1 saturated heterocycles. The van der Waals surface area contributed by atoms with Crippen LogP contribution in [0.25, 0.3) is 11.6 Å². The summed E-state index contributed by atoms with van der Waals surface area (Å²) < 4.78 is 11.5. The fourth-order valence-electron chi connectivity index (χ4n) is 4.51.